The summed E-state index contributed by atoms with van der Waals surface area (Å²) in [5.41, 5.74) is 0. The Labute approximate surface area is 159 Å². The van der Waals surface area contributed by atoms with Crippen LogP contribution in [-0.2, 0) is 0 Å². The van der Waals surface area contributed by atoms with E-state index in [9.17, 15) is 0 Å². The van der Waals surface area contributed by atoms with Gasteiger partial charge in [-0.25, -0.2) is 0 Å². The van der Waals surface area contributed by atoms with Crippen LogP contribution in [0.5, 0.6) is 0 Å². The van der Waals surface area contributed by atoms with Crippen molar-refractivity contribution in [2.45, 2.75) is 135 Å². The molecule has 0 unspecified atom stereocenters. The lowest BCUT2D eigenvalue weighted by Crippen LogP contribution is -1.84. The SMILES string of the molecule is CCCCCCCCCCCCCCCCCCCCC[CH]SC. The first-order chi connectivity index (χ1) is 11.9. The molecule has 1 heteroatoms. The van der Waals surface area contributed by atoms with E-state index in [4.69, 9.17) is 0 Å². The minimum absolute atomic E-state index is 1.31. The van der Waals surface area contributed by atoms with Gasteiger partial charge in [-0.1, -0.05) is 129 Å². The lowest BCUT2D eigenvalue weighted by molar-refractivity contribution is 0.523. The van der Waals surface area contributed by atoms with Gasteiger partial charge in [0, 0.05) is 5.75 Å². The van der Waals surface area contributed by atoms with E-state index in [1.807, 2.05) is 11.8 Å². The molecule has 0 nitrogen and oxygen atoms in total. The zero-order chi connectivity index (χ0) is 17.6. The average molecular weight is 356 g/mol. The molecule has 0 heterocycles. The minimum Gasteiger partial charge on any atom is -0.161 e. The smallest absolute Gasteiger partial charge is 0.0163 e. The van der Waals surface area contributed by atoms with Gasteiger partial charge < -0.3 is 0 Å². The fourth-order valence-electron chi connectivity index (χ4n) is 3.42. The third-order valence-corrected chi connectivity index (χ3v) is 5.66. The molecule has 0 spiro atoms. The Morgan fingerprint density at radius 3 is 1.04 bits per heavy atom. The zero-order valence-corrected chi connectivity index (χ0v) is 17.9. The van der Waals surface area contributed by atoms with Gasteiger partial charge in [-0.3, -0.25) is 0 Å². The van der Waals surface area contributed by atoms with Crippen molar-refractivity contribution in [1.82, 2.24) is 0 Å². The Bertz CT molecular complexity index is 180. The lowest BCUT2D eigenvalue weighted by Gasteiger charge is -2.04. The van der Waals surface area contributed by atoms with E-state index in [0.29, 0.717) is 0 Å². The highest BCUT2D eigenvalue weighted by Crippen LogP contribution is 2.15. The molecule has 0 aliphatic rings. The second kappa shape index (κ2) is 23.4. The van der Waals surface area contributed by atoms with Crippen molar-refractivity contribution in [2.75, 3.05) is 6.26 Å². The molecule has 0 aliphatic heterocycles. The molecule has 0 bridgehead atoms. The first kappa shape index (κ1) is 24.4. The standard InChI is InChI=1S/C23H47S/c1-3-4-5-6-7-8-9-10-11-12-13-14-15-16-17-18-19-20-21-22-23-24-2/h23H,3-22H2,1-2H3. The van der Waals surface area contributed by atoms with Crippen LogP contribution in [0.1, 0.15) is 135 Å². The average Bonchev–Trinajstić information content (AvgIpc) is 2.60. The van der Waals surface area contributed by atoms with Gasteiger partial charge in [0.05, 0.1) is 0 Å². The number of rotatable bonds is 21. The summed E-state index contributed by atoms with van der Waals surface area (Å²) in [7, 11) is 0. The van der Waals surface area contributed by atoms with E-state index in [0.717, 1.165) is 0 Å². The molecule has 0 aromatic carbocycles. The fraction of sp³-hybridized carbons (Fsp3) is 0.957. The molecule has 0 saturated carbocycles. The number of thioether (sulfide) groups is 1. The molecule has 145 valence electrons. The molecule has 0 aromatic heterocycles. The summed E-state index contributed by atoms with van der Waals surface area (Å²) in [5, 5.41) is 0. The second-order valence-electron chi connectivity index (χ2n) is 7.56. The van der Waals surface area contributed by atoms with E-state index < -0.39 is 0 Å². The molecular formula is C23H47S. The van der Waals surface area contributed by atoms with Crippen molar-refractivity contribution >= 4 is 11.8 Å². The maximum Gasteiger partial charge on any atom is 0.0163 e. The van der Waals surface area contributed by atoms with Crippen molar-refractivity contribution in [2.24, 2.45) is 0 Å². The first-order valence-corrected chi connectivity index (χ1v) is 12.5. The van der Waals surface area contributed by atoms with Crippen LogP contribution in [0, 0.1) is 5.75 Å². The summed E-state index contributed by atoms with van der Waals surface area (Å²) in [6.07, 6.45) is 31.3. The highest BCUT2D eigenvalue weighted by atomic mass is 32.2. The Balaban J connectivity index is 2.93. The predicted octanol–water partition coefficient (Wildman–Crippen LogP) is 9.33. The van der Waals surface area contributed by atoms with E-state index in [2.05, 4.69) is 18.9 Å². The van der Waals surface area contributed by atoms with Crippen LogP contribution < -0.4 is 0 Å². The van der Waals surface area contributed by atoms with Gasteiger partial charge >= 0.3 is 0 Å². The Kier molecular flexibility index (Phi) is 23.7. The minimum atomic E-state index is 1.31. The van der Waals surface area contributed by atoms with E-state index in [1.54, 1.807) is 0 Å². The molecule has 0 N–H and O–H groups in total. The third kappa shape index (κ3) is 22.4. The normalized spacial score (nSPS) is 11.2. The van der Waals surface area contributed by atoms with Crippen molar-refractivity contribution < 1.29 is 0 Å². The first-order valence-electron chi connectivity index (χ1n) is 11.3. The van der Waals surface area contributed by atoms with E-state index in [-0.39, 0.29) is 0 Å². The number of hydrogen-bond donors (Lipinski definition) is 0. The van der Waals surface area contributed by atoms with Gasteiger partial charge in [0.1, 0.15) is 0 Å². The Morgan fingerprint density at radius 1 is 0.458 bits per heavy atom. The van der Waals surface area contributed by atoms with Gasteiger partial charge in [-0.05, 0) is 12.7 Å². The van der Waals surface area contributed by atoms with Crippen LogP contribution in [0.4, 0.5) is 0 Å². The molecule has 0 aliphatic carbocycles. The van der Waals surface area contributed by atoms with Crippen LogP contribution in [0.25, 0.3) is 0 Å². The molecule has 1 radical (unpaired) electrons. The van der Waals surface area contributed by atoms with Crippen molar-refractivity contribution in [1.29, 1.82) is 0 Å². The molecule has 0 amide bonds. The lowest BCUT2D eigenvalue weighted by atomic mass is 10.0. The van der Waals surface area contributed by atoms with Gasteiger partial charge in [-0.2, -0.15) is 11.8 Å². The summed E-state index contributed by atoms with van der Waals surface area (Å²) in [6.45, 7) is 2.30. The summed E-state index contributed by atoms with van der Waals surface area (Å²) >= 11 is 1.87. The number of hydrogen-bond acceptors (Lipinski definition) is 1. The van der Waals surface area contributed by atoms with Crippen LogP contribution in [0.15, 0.2) is 0 Å². The molecule has 24 heavy (non-hydrogen) atoms. The molecule has 0 atom stereocenters. The van der Waals surface area contributed by atoms with Crippen LogP contribution >= 0.6 is 11.8 Å². The Hall–Kier alpha value is 0.350. The van der Waals surface area contributed by atoms with Crippen LogP contribution in [0.2, 0.25) is 0 Å². The number of unbranched alkanes of at least 4 members (excludes halogenated alkanes) is 19. The van der Waals surface area contributed by atoms with E-state index >= 15 is 0 Å². The quantitative estimate of drug-likeness (QED) is 0.185. The molecule has 0 fully saturated rings. The maximum absolute atomic E-state index is 2.34. The fourth-order valence-corrected chi connectivity index (χ4v) is 3.83. The van der Waals surface area contributed by atoms with Gasteiger partial charge in [0.25, 0.3) is 0 Å². The molecule has 0 saturated heterocycles. The summed E-state index contributed by atoms with van der Waals surface area (Å²) in [4.78, 5) is 0. The molecule has 0 aromatic rings. The molecule has 0 rings (SSSR count). The Morgan fingerprint density at radius 2 is 0.750 bits per heavy atom. The summed E-state index contributed by atoms with van der Waals surface area (Å²) in [6, 6.07) is 0. The maximum atomic E-state index is 2.34. The van der Waals surface area contributed by atoms with Crippen molar-refractivity contribution in [3.8, 4) is 0 Å². The highest BCUT2D eigenvalue weighted by Gasteiger charge is 1.95. The van der Waals surface area contributed by atoms with Crippen LogP contribution in [0.3, 0.4) is 0 Å². The second-order valence-corrected chi connectivity index (χ2v) is 8.36. The van der Waals surface area contributed by atoms with E-state index in [1.165, 1.54) is 128 Å². The highest BCUT2D eigenvalue weighted by molar-refractivity contribution is 8.00. The van der Waals surface area contributed by atoms with Gasteiger partial charge in [0.2, 0.25) is 0 Å². The third-order valence-electron chi connectivity index (χ3n) is 5.09. The topological polar surface area (TPSA) is 0 Å². The van der Waals surface area contributed by atoms with Crippen molar-refractivity contribution in [3.63, 3.8) is 0 Å². The monoisotopic (exact) mass is 355 g/mol. The van der Waals surface area contributed by atoms with Crippen LogP contribution in [-0.4, -0.2) is 6.26 Å². The predicted molar refractivity (Wildman–Crippen MR) is 116 cm³/mol. The largest absolute Gasteiger partial charge is 0.161 e. The van der Waals surface area contributed by atoms with Gasteiger partial charge in [-0.15, -0.1) is 0 Å². The van der Waals surface area contributed by atoms with Crippen molar-refractivity contribution in [3.05, 3.63) is 5.75 Å². The van der Waals surface area contributed by atoms with Gasteiger partial charge in [0.15, 0.2) is 0 Å². The summed E-state index contributed by atoms with van der Waals surface area (Å²) in [5.74, 6) is 2.34. The summed E-state index contributed by atoms with van der Waals surface area (Å²) < 4.78 is 0. The molecular weight excluding hydrogens is 308 g/mol. The zero-order valence-electron chi connectivity index (χ0n) is 17.1.